The normalized spacial score (nSPS) is 11.2. The second-order valence-corrected chi connectivity index (χ2v) is 4.00. The highest BCUT2D eigenvalue weighted by molar-refractivity contribution is 4.83. The molecule has 0 spiro atoms. The maximum Gasteiger partial charge on any atom is 0.140 e. The summed E-state index contributed by atoms with van der Waals surface area (Å²) in [6.45, 7) is 9.48. The fourth-order valence-electron chi connectivity index (χ4n) is 1.39. The van der Waals surface area contributed by atoms with Crippen LogP contribution in [0.25, 0.3) is 0 Å². The molecule has 0 saturated heterocycles. The van der Waals surface area contributed by atoms with Crippen molar-refractivity contribution in [2.24, 2.45) is 0 Å². The summed E-state index contributed by atoms with van der Waals surface area (Å²) in [5.41, 5.74) is 0. The third-order valence-electron chi connectivity index (χ3n) is 2.14. The minimum Gasteiger partial charge on any atom is -0.377 e. The molecule has 0 bridgehead atoms. The van der Waals surface area contributed by atoms with E-state index in [-0.39, 0.29) is 0 Å². The molecule has 1 heterocycles. The summed E-state index contributed by atoms with van der Waals surface area (Å²) in [7, 11) is 0. The van der Waals surface area contributed by atoms with Crippen molar-refractivity contribution in [1.82, 2.24) is 20.1 Å². The van der Waals surface area contributed by atoms with Crippen molar-refractivity contribution in [2.75, 3.05) is 13.2 Å². The van der Waals surface area contributed by atoms with E-state index in [2.05, 4.69) is 22.3 Å². The van der Waals surface area contributed by atoms with E-state index in [9.17, 15) is 0 Å². The zero-order valence-electron chi connectivity index (χ0n) is 10.4. The molecule has 0 fully saturated rings. The molecule has 1 N–H and O–H groups in total. The standard InChI is InChI=1S/C11H22N4O/c1-4-6-15-11(13-9-14-15)8-12-5-7-16-10(2)3/h9-10,12H,4-8H2,1-3H3. The van der Waals surface area contributed by atoms with Gasteiger partial charge in [0, 0.05) is 13.1 Å². The summed E-state index contributed by atoms with van der Waals surface area (Å²) >= 11 is 0. The molecule has 1 rings (SSSR count). The van der Waals surface area contributed by atoms with E-state index in [4.69, 9.17) is 4.74 Å². The molecule has 5 heteroatoms. The minimum absolute atomic E-state index is 0.297. The number of ether oxygens (including phenoxy) is 1. The van der Waals surface area contributed by atoms with Crippen molar-refractivity contribution < 1.29 is 4.74 Å². The van der Waals surface area contributed by atoms with Gasteiger partial charge in [0.1, 0.15) is 12.2 Å². The van der Waals surface area contributed by atoms with Crippen LogP contribution in [0.5, 0.6) is 0 Å². The van der Waals surface area contributed by atoms with Gasteiger partial charge in [-0.1, -0.05) is 6.92 Å². The molecule has 0 aliphatic heterocycles. The Labute approximate surface area is 97.2 Å². The number of nitrogens with one attached hydrogen (secondary N) is 1. The van der Waals surface area contributed by atoms with Gasteiger partial charge in [-0.15, -0.1) is 0 Å². The van der Waals surface area contributed by atoms with Crippen LogP contribution in [-0.4, -0.2) is 34.0 Å². The third kappa shape index (κ3) is 4.72. The highest BCUT2D eigenvalue weighted by atomic mass is 16.5. The third-order valence-corrected chi connectivity index (χ3v) is 2.14. The van der Waals surface area contributed by atoms with E-state index in [0.29, 0.717) is 6.10 Å². The predicted octanol–water partition coefficient (Wildman–Crippen LogP) is 1.20. The van der Waals surface area contributed by atoms with Crippen LogP contribution in [0.4, 0.5) is 0 Å². The molecule has 16 heavy (non-hydrogen) atoms. The Bertz CT molecular complexity index is 285. The van der Waals surface area contributed by atoms with Crippen LogP contribution in [0.15, 0.2) is 6.33 Å². The van der Waals surface area contributed by atoms with Gasteiger partial charge < -0.3 is 10.1 Å². The van der Waals surface area contributed by atoms with Crippen molar-refractivity contribution in [1.29, 1.82) is 0 Å². The van der Waals surface area contributed by atoms with Gasteiger partial charge in [0.15, 0.2) is 0 Å². The summed E-state index contributed by atoms with van der Waals surface area (Å²) < 4.78 is 7.37. The van der Waals surface area contributed by atoms with Gasteiger partial charge in [-0.2, -0.15) is 5.10 Å². The van der Waals surface area contributed by atoms with Crippen LogP contribution >= 0.6 is 0 Å². The van der Waals surface area contributed by atoms with E-state index in [1.165, 1.54) is 0 Å². The average Bonchev–Trinajstić information content (AvgIpc) is 2.65. The molecule has 0 radical (unpaired) electrons. The molecule has 1 aromatic heterocycles. The zero-order valence-corrected chi connectivity index (χ0v) is 10.4. The van der Waals surface area contributed by atoms with Crippen molar-refractivity contribution in [2.45, 2.75) is 46.4 Å². The highest BCUT2D eigenvalue weighted by Crippen LogP contribution is 1.95. The lowest BCUT2D eigenvalue weighted by molar-refractivity contribution is 0.0805. The second kappa shape index (κ2) is 7.35. The molecular formula is C11H22N4O. The fraction of sp³-hybridized carbons (Fsp3) is 0.818. The number of aromatic nitrogens is 3. The van der Waals surface area contributed by atoms with E-state index in [1.807, 2.05) is 18.5 Å². The largest absolute Gasteiger partial charge is 0.377 e. The highest BCUT2D eigenvalue weighted by Gasteiger charge is 2.02. The first-order valence-electron chi connectivity index (χ1n) is 5.93. The Morgan fingerprint density at radius 1 is 1.50 bits per heavy atom. The van der Waals surface area contributed by atoms with Crippen LogP contribution in [-0.2, 0) is 17.8 Å². The van der Waals surface area contributed by atoms with Gasteiger partial charge in [-0.3, -0.25) is 0 Å². The molecule has 92 valence electrons. The number of rotatable bonds is 8. The van der Waals surface area contributed by atoms with Crippen molar-refractivity contribution in [3.63, 3.8) is 0 Å². The number of hydrogen-bond acceptors (Lipinski definition) is 4. The van der Waals surface area contributed by atoms with Crippen molar-refractivity contribution >= 4 is 0 Å². The maximum absolute atomic E-state index is 5.43. The Hall–Kier alpha value is -0.940. The van der Waals surface area contributed by atoms with E-state index >= 15 is 0 Å². The smallest absolute Gasteiger partial charge is 0.140 e. The molecule has 0 unspecified atom stereocenters. The average molecular weight is 226 g/mol. The predicted molar refractivity (Wildman–Crippen MR) is 63.1 cm³/mol. The molecular weight excluding hydrogens is 204 g/mol. The number of aryl methyl sites for hydroxylation is 1. The summed E-state index contributed by atoms with van der Waals surface area (Å²) in [6, 6.07) is 0. The summed E-state index contributed by atoms with van der Waals surface area (Å²) in [6.07, 6.45) is 2.98. The van der Waals surface area contributed by atoms with Crippen molar-refractivity contribution in [3.8, 4) is 0 Å². The van der Waals surface area contributed by atoms with Gasteiger partial charge in [0.25, 0.3) is 0 Å². The Balaban J connectivity index is 2.18. The summed E-state index contributed by atoms with van der Waals surface area (Å²) in [5, 5.41) is 7.46. The topological polar surface area (TPSA) is 52.0 Å². The van der Waals surface area contributed by atoms with E-state index in [0.717, 1.165) is 38.5 Å². The molecule has 0 aliphatic carbocycles. The Morgan fingerprint density at radius 2 is 2.31 bits per heavy atom. The van der Waals surface area contributed by atoms with Crippen LogP contribution < -0.4 is 5.32 Å². The van der Waals surface area contributed by atoms with Crippen molar-refractivity contribution in [3.05, 3.63) is 12.2 Å². The van der Waals surface area contributed by atoms with Gasteiger partial charge in [-0.25, -0.2) is 9.67 Å². The molecule has 0 saturated carbocycles. The van der Waals surface area contributed by atoms with Crippen LogP contribution in [0, 0.1) is 0 Å². The van der Waals surface area contributed by atoms with Crippen LogP contribution in [0.2, 0.25) is 0 Å². The summed E-state index contributed by atoms with van der Waals surface area (Å²) in [5.74, 6) is 0.992. The maximum atomic E-state index is 5.43. The zero-order chi connectivity index (χ0) is 11.8. The lowest BCUT2D eigenvalue weighted by Gasteiger charge is -2.08. The molecule has 0 atom stereocenters. The van der Waals surface area contributed by atoms with Gasteiger partial charge in [-0.05, 0) is 20.3 Å². The Morgan fingerprint density at radius 3 is 3.00 bits per heavy atom. The summed E-state index contributed by atoms with van der Waals surface area (Å²) in [4.78, 5) is 4.22. The van der Waals surface area contributed by atoms with E-state index in [1.54, 1.807) is 6.33 Å². The Kier molecular flexibility index (Phi) is 6.03. The number of nitrogens with zero attached hydrogens (tertiary/aromatic N) is 3. The second-order valence-electron chi connectivity index (χ2n) is 4.00. The minimum atomic E-state index is 0.297. The first kappa shape index (κ1) is 13.1. The molecule has 0 aliphatic rings. The van der Waals surface area contributed by atoms with Gasteiger partial charge in [0.05, 0.1) is 19.3 Å². The van der Waals surface area contributed by atoms with Crippen LogP contribution in [0.3, 0.4) is 0 Å². The monoisotopic (exact) mass is 226 g/mol. The first-order valence-corrected chi connectivity index (χ1v) is 5.93. The lowest BCUT2D eigenvalue weighted by Crippen LogP contribution is -2.23. The molecule has 0 amide bonds. The first-order chi connectivity index (χ1) is 7.74. The van der Waals surface area contributed by atoms with Gasteiger partial charge >= 0.3 is 0 Å². The fourth-order valence-corrected chi connectivity index (χ4v) is 1.39. The van der Waals surface area contributed by atoms with E-state index < -0.39 is 0 Å². The molecule has 1 aromatic rings. The lowest BCUT2D eigenvalue weighted by atomic mass is 10.4. The van der Waals surface area contributed by atoms with Gasteiger partial charge in [0.2, 0.25) is 0 Å². The van der Waals surface area contributed by atoms with Crippen LogP contribution in [0.1, 0.15) is 33.0 Å². The number of hydrogen-bond donors (Lipinski definition) is 1. The molecule has 5 nitrogen and oxygen atoms in total. The quantitative estimate of drug-likeness (QED) is 0.677. The SMILES string of the molecule is CCCn1ncnc1CNCCOC(C)C. The molecule has 0 aromatic carbocycles.